The second-order valence-corrected chi connectivity index (χ2v) is 12.7. The van der Waals surface area contributed by atoms with E-state index in [4.69, 9.17) is 0 Å². The quantitative estimate of drug-likeness (QED) is 0.298. The molecule has 2 amide bonds. The highest BCUT2D eigenvalue weighted by Gasteiger charge is 2.48. The van der Waals surface area contributed by atoms with Crippen LogP contribution in [0.1, 0.15) is 51.8 Å². The van der Waals surface area contributed by atoms with Crippen molar-refractivity contribution in [2.24, 2.45) is 0 Å². The van der Waals surface area contributed by atoms with Crippen LogP contribution in [0.3, 0.4) is 0 Å². The number of piperazine rings is 1. The van der Waals surface area contributed by atoms with Crippen molar-refractivity contribution in [3.63, 3.8) is 0 Å². The molecule has 12 heteroatoms. The number of aryl methyl sites for hydroxylation is 1. The SMILES string of the molecule is C=CC(=O)N1CC2C(=O)N(C(C)C)c3c(c4cc(F)c(-c5c(O)cccc5F)nc4n(-c4c(C)ccnc4C(C)C)c3=O)N2CC1C. The molecule has 0 saturated carbocycles. The lowest BCUT2D eigenvalue weighted by Gasteiger charge is -2.51. The highest BCUT2D eigenvalue weighted by Crippen LogP contribution is 2.44. The van der Waals surface area contributed by atoms with Crippen LogP contribution in [0.5, 0.6) is 5.75 Å². The largest absolute Gasteiger partial charge is 0.507 e. The smallest absolute Gasteiger partial charge is 0.283 e. The lowest BCUT2D eigenvalue weighted by molar-refractivity contribution is -0.130. The Bertz CT molecular complexity index is 2020. The number of pyridine rings is 3. The molecule has 1 aromatic carbocycles. The molecule has 2 atom stereocenters. The van der Waals surface area contributed by atoms with Gasteiger partial charge in [-0.25, -0.2) is 13.8 Å². The third-order valence-corrected chi connectivity index (χ3v) is 8.97. The standard InChI is InChI=1S/C35H36F2N6O4/c1-8-26(45)40-16-24-34(46)42(18(4)5)32-31(41(24)15-20(40)7)21-14-23(37)29(27-22(36)10-9-11-25(27)44)39-33(21)43(35(32)47)30-19(6)12-13-38-28(30)17(2)3/h8-14,17-18,20,24,44H,1,15-16H2,2-7H3. The van der Waals surface area contributed by atoms with Gasteiger partial charge in [-0.3, -0.25) is 23.9 Å². The van der Waals surface area contributed by atoms with E-state index in [2.05, 4.69) is 16.5 Å². The third-order valence-electron chi connectivity index (χ3n) is 8.97. The number of carbonyl (C=O) groups is 2. The number of benzene rings is 1. The number of nitrogens with zero attached hydrogens (tertiary/aromatic N) is 6. The van der Waals surface area contributed by atoms with E-state index in [1.54, 1.807) is 35.9 Å². The molecule has 3 aromatic heterocycles. The van der Waals surface area contributed by atoms with E-state index in [1.807, 2.05) is 27.7 Å². The Balaban J connectivity index is 1.79. The number of aromatic nitrogens is 3. The number of rotatable bonds is 5. The lowest BCUT2D eigenvalue weighted by atomic mass is 9.96. The number of phenols is 1. The fourth-order valence-electron chi connectivity index (χ4n) is 6.82. The van der Waals surface area contributed by atoms with E-state index in [-0.39, 0.29) is 53.6 Å². The van der Waals surface area contributed by atoms with Crippen molar-refractivity contribution in [2.75, 3.05) is 22.9 Å². The Morgan fingerprint density at radius 1 is 1.06 bits per heavy atom. The molecule has 0 aliphatic carbocycles. The molecule has 244 valence electrons. The molecular weight excluding hydrogens is 606 g/mol. The zero-order valence-corrected chi connectivity index (χ0v) is 27.1. The zero-order valence-electron chi connectivity index (χ0n) is 27.1. The number of halogens is 2. The highest BCUT2D eigenvalue weighted by atomic mass is 19.1. The maximum Gasteiger partial charge on any atom is 0.283 e. The van der Waals surface area contributed by atoms with Gasteiger partial charge in [-0.05, 0) is 69.5 Å². The zero-order chi connectivity index (χ0) is 34.1. The number of hydrogen-bond acceptors (Lipinski definition) is 7. The predicted molar refractivity (Wildman–Crippen MR) is 176 cm³/mol. The molecule has 2 aliphatic heterocycles. The first-order valence-corrected chi connectivity index (χ1v) is 15.5. The van der Waals surface area contributed by atoms with Crippen molar-refractivity contribution in [3.8, 4) is 22.7 Å². The summed E-state index contributed by atoms with van der Waals surface area (Å²) in [5.41, 5.74) is 0.476. The Labute approximate surface area is 270 Å². The van der Waals surface area contributed by atoms with Crippen LogP contribution in [-0.4, -0.2) is 67.6 Å². The number of amides is 2. The van der Waals surface area contributed by atoms with E-state index < -0.39 is 46.3 Å². The Morgan fingerprint density at radius 3 is 2.43 bits per heavy atom. The third kappa shape index (κ3) is 4.85. The number of aromatic hydroxyl groups is 1. The minimum atomic E-state index is -0.935. The van der Waals surface area contributed by atoms with Crippen LogP contribution >= 0.6 is 0 Å². The Morgan fingerprint density at radius 2 is 1.79 bits per heavy atom. The monoisotopic (exact) mass is 642 g/mol. The highest BCUT2D eigenvalue weighted by molar-refractivity contribution is 6.12. The van der Waals surface area contributed by atoms with Gasteiger partial charge in [0.15, 0.2) is 11.5 Å². The van der Waals surface area contributed by atoms with Gasteiger partial charge in [0.1, 0.15) is 29.0 Å². The molecule has 4 aromatic rings. The summed E-state index contributed by atoms with van der Waals surface area (Å²) in [6, 6.07) is 4.77. The summed E-state index contributed by atoms with van der Waals surface area (Å²) in [6.45, 7) is 14.8. The molecule has 1 fully saturated rings. The first-order valence-electron chi connectivity index (χ1n) is 15.5. The van der Waals surface area contributed by atoms with E-state index in [1.165, 1.54) is 33.7 Å². The number of anilines is 2. The van der Waals surface area contributed by atoms with Gasteiger partial charge in [0.25, 0.3) is 11.5 Å². The van der Waals surface area contributed by atoms with Gasteiger partial charge in [0.05, 0.1) is 29.2 Å². The van der Waals surface area contributed by atoms with Crippen molar-refractivity contribution in [1.29, 1.82) is 0 Å². The Hall–Kier alpha value is -5.13. The fraction of sp³-hybridized carbons (Fsp3) is 0.343. The summed E-state index contributed by atoms with van der Waals surface area (Å²) < 4.78 is 32.8. The van der Waals surface area contributed by atoms with E-state index >= 15 is 13.6 Å². The molecule has 0 radical (unpaired) electrons. The predicted octanol–water partition coefficient (Wildman–Crippen LogP) is 5.21. The van der Waals surface area contributed by atoms with Crippen LogP contribution in [0.4, 0.5) is 20.2 Å². The molecular formula is C35H36F2N6O4. The average molecular weight is 643 g/mol. The minimum absolute atomic E-state index is 0.000131. The molecule has 1 N–H and O–H groups in total. The first-order chi connectivity index (χ1) is 22.3. The van der Waals surface area contributed by atoms with E-state index in [0.717, 1.165) is 6.07 Å². The summed E-state index contributed by atoms with van der Waals surface area (Å²) in [5.74, 6) is -3.20. The molecule has 0 bridgehead atoms. The van der Waals surface area contributed by atoms with Crippen LogP contribution in [0.15, 0.2) is 54.0 Å². The number of phenolic OH excluding ortho intramolecular Hbond substituents is 1. The fourth-order valence-corrected chi connectivity index (χ4v) is 6.82. The summed E-state index contributed by atoms with van der Waals surface area (Å²) >= 11 is 0. The molecule has 5 heterocycles. The number of hydrogen-bond donors (Lipinski definition) is 1. The molecule has 10 nitrogen and oxygen atoms in total. The molecule has 2 unspecified atom stereocenters. The van der Waals surface area contributed by atoms with Crippen LogP contribution in [-0.2, 0) is 9.59 Å². The van der Waals surface area contributed by atoms with Crippen LogP contribution in [0, 0.1) is 18.6 Å². The van der Waals surface area contributed by atoms with E-state index in [9.17, 15) is 14.7 Å². The maximum absolute atomic E-state index is 16.3. The van der Waals surface area contributed by atoms with Crippen molar-refractivity contribution >= 4 is 34.2 Å². The summed E-state index contributed by atoms with van der Waals surface area (Å²) in [4.78, 5) is 56.0. The number of fused-ring (bicyclic) bond motifs is 5. The van der Waals surface area contributed by atoms with Gasteiger partial charge < -0.3 is 19.8 Å². The van der Waals surface area contributed by atoms with Crippen molar-refractivity contribution in [1.82, 2.24) is 19.4 Å². The topological polar surface area (TPSA) is 112 Å². The molecule has 0 spiro atoms. The van der Waals surface area contributed by atoms with Crippen LogP contribution < -0.4 is 15.4 Å². The van der Waals surface area contributed by atoms with Gasteiger partial charge in [-0.2, -0.15) is 0 Å². The second-order valence-electron chi connectivity index (χ2n) is 12.7. The molecule has 1 saturated heterocycles. The van der Waals surface area contributed by atoms with E-state index in [0.29, 0.717) is 22.6 Å². The van der Waals surface area contributed by atoms with Crippen LogP contribution in [0.2, 0.25) is 0 Å². The van der Waals surface area contributed by atoms with Gasteiger partial charge in [0, 0.05) is 30.2 Å². The molecule has 2 aliphatic rings. The Kier molecular flexibility index (Phi) is 7.85. The lowest BCUT2D eigenvalue weighted by Crippen LogP contribution is -2.67. The van der Waals surface area contributed by atoms with Crippen molar-refractivity contribution in [2.45, 2.75) is 65.6 Å². The van der Waals surface area contributed by atoms with Crippen molar-refractivity contribution < 1.29 is 23.5 Å². The average Bonchev–Trinajstić information content (AvgIpc) is 3.01. The normalized spacial score (nSPS) is 17.8. The van der Waals surface area contributed by atoms with Crippen molar-refractivity contribution in [3.05, 3.63) is 82.4 Å². The van der Waals surface area contributed by atoms with Gasteiger partial charge >= 0.3 is 0 Å². The summed E-state index contributed by atoms with van der Waals surface area (Å²) in [7, 11) is 0. The number of carbonyl (C=O) groups excluding carboxylic acids is 2. The molecule has 47 heavy (non-hydrogen) atoms. The minimum Gasteiger partial charge on any atom is -0.507 e. The van der Waals surface area contributed by atoms with Gasteiger partial charge in [-0.1, -0.05) is 26.5 Å². The van der Waals surface area contributed by atoms with Crippen LogP contribution in [0.25, 0.3) is 28.0 Å². The first kappa shape index (κ1) is 31.8. The molecule has 6 rings (SSSR count). The van der Waals surface area contributed by atoms with Gasteiger partial charge in [-0.15, -0.1) is 0 Å². The second kappa shape index (κ2) is 11.6. The summed E-state index contributed by atoms with van der Waals surface area (Å²) in [6.07, 6.45) is 2.83. The summed E-state index contributed by atoms with van der Waals surface area (Å²) in [5, 5.41) is 10.8. The van der Waals surface area contributed by atoms with Gasteiger partial charge in [0.2, 0.25) is 5.91 Å². The maximum atomic E-state index is 16.3.